The normalized spacial score (nSPS) is 30.8. The zero-order valence-electron chi connectivity index (χ0n) is 11.8. The van der Waals surface area contributed by atoms with Crippen molar-refractivity contribution in [3.8, 4) is 0 Å². The molecule has 0 aromatic carbocycles. The Bertz CT molecular complexity index is 383. The summed E-state index contributed by atoms with van der Waals surface area (Å²) in [4.78, 5) is 27.3. The van der Waals surface area contributed by atoms with Gasteiger partial charge in [-0.2, -0.15) is 0 Å². The number of morpholine rings is 1. The Labute approximate surface area is 113 Å². The van der Waals surface area contributed by atoms with Crippen molar-refractivity contribution in [1.82, 2.24) is 9.80 Å². The zero-order chi connectivity index (χ0) is 14.2. The molecule has 2 heterocycles. The number of hydrogen-bond donors (Lipinski definition) is 1. The predicted octanol–water partition coefficient (Wildman–Crippen LogP) is -0.537. The molecule has 108 valence electrons. The van der Waals surface area contributed by atoms with Gasteiger partial charge in [0.1, 0.15) is 0 Å². The molecule has 0 spiro atoms. The van der Waals surface area contributed by atoms with Crippen LogP contribution in [0.4, 0.5) is 0 Å². The largest absolute Gasteiger partial charge is 0.394 e. The molecule has 0 saturated carbocycles. The molecular formula is C13H22N2O4. The summed E-state index contributed by atoms with van der Waals surface area (Å²) in [7, 11) is 1.72. The molecule has 0 aromatic heterocycles. The van der Waals surface area contributed by atoms with Crippen molar-refractivity contribution in [2.45, 2.75) is 32.0 Å². The first-order valence-electron chi connectivity index (χ1n) is 6.64. The quantitative estimate of drug-likeness (QED) is 0.732. The molecular weight excluding hydrogens is 248 g/mol. The lowest BCUT2D eigenvalue weighted by atomic mass is 10.0. The summed E-state index contributed by atoms with van der Waals surface area (Å²) in [5.74, 6) is -0.247. The first kappa shape index (κ1) is 14.3. The number of amides is 2. The lowest BCUT2D eigenvalue weighted by Gasteiger charge is -2.43. The van der Waals surface area contributed by atoms with E-state index in [1.807, 2.05) is 13.8 Å². The van der Waals surface area contributed by atoms with Gasteiger partial charge in [-0.25, -0.2) is 0 Å². The summed E-state index contributed by atoms with van der Waals surface area (Å²) < 4.78 is 5.69. The van der Waals surface area contributed by atoms with Crippen LogP contribution < -0.4 is 0 Å². The van der Waals surface area contributed by atoms with Gasteiger partial charge < -0.3 is 19.6 Å². The maximum atomic E-state index is 12.5. The third kappa shape index (κ3) is 3.06. The van der Waals surface area contributed by atoms with Gasteiger partial charge in [0, 0.05) is 33.1 Å². The molecule has 19 heavy (non-hydrogen) atoms. The van der Waals surface area contributed by atoms with Crippen LogP contribution in [0.1, 0.15) is 20.3 Å². The maximum Gasteiger partial charge on any atom is 0.228 e. The highest BCUT2D eigenvalue weighted by atomic mass is 16.5. The van der Waals surface area contributed by atoms with Crippen LogP contribution in [0.25, 0.3) is 0 Å². The van der Waals surface area contributed by atoms with Crippen molar-refractivity contribution >= 4 is 11.8 Å². The minimum Gasteiger partial charge on any atom is -0.394 e. The third-order valence-electron chi connectivity index (χ3n) is 3.69. The summed E-state index contributed by atoms with van der Waals surface area (Å²) in [6.07, 6.45) is -0.0563. The Morgan fingerprint density at radius 3 is 2.68 bits per heavy atom. The van der Waals surface area contributed by atoms with Crippen LogP contribution in [0.2, 0.25) is 0 Å². The second-order valence-electron chi connectivity index (χ2n) is 6.08. The molecule has 6 nitrogen and oxygen atoms in total. The average molecular weight is 270 g/mol. The van der Waals surface area contributed by atoms with E-state index in [4.69, 9.17) is 4.74 Å². The van der Waals surface area contributed by atoms with E-state index in [2.05, 4.69) is 0 Å². The van der Waals surface area contributed by atoms with Crippen molar-refractivity contribution in [3.63, 3.8) is 0 Å². The molecule has 2 atom stereocenters. The number of aliphatic hydroxyl groups excluding tert-OH is 1. The van der Waals surface area contributed by atoms with Gasteiger partial charge in [0.25, 0.3) is 0 Å². The molecule has 0 aliphatic carbocycles. The van der Waals surface area contributed by atoms with Gasteiger partial charge in [0.05, 0.1) is 24.2 Å². The highest BCUT2D eigenvalue weighted by Gasteiger charge is 2.40. The Morgan fingerprint density at radius 1 is 1.47 bits per heavy atom. The fourth-order valence-corrected chi connectivity index (χ4v) is 2.85. The van der Waals surface area contributed by atoms with E-state index in [1.54, 1.807) is 16.8 Å². The fraction of sp³-hybridized carbons (Fsp3) is 0.846. The Balaban J connectivity index is 2.04. The summed E-state index contributed by atoms with van der Waals surface area (Å²) >= 11 is 0. The number of carbonyl (C=O) groups excluding carboxylic acids is 2. The lowest BCUT2D eigenvalue weighted by molar-refractivity contribution is -0.169. The molecule has 2 unspecified atom stereocenters. The van der Waals surface area contributed by atoms with E-state index < -0.39 is 5.60 Å². The number of likely N-dealkylation sites (tertiary alicyclic amines) is 1. The highest BCUT2D eigenvalue weighted by Crippen LogP contribution is 2.25. The van der Waals surface area contributed by atoms with Gasteiger partial charge >= 0.3 is 0 Å². The Morgan fingerprint density at radius 2 is 2.16 bits per heavy atom. The first-order chi connectivity index (χ1) is 8.82. The molecule has 1 N–H and O–H groups in total. The minimum atomic E-state index is -0.462. The number of nitrogens with zero attached hydrogens (tertiary/aromatic N) is 2. The van der Waals surface area contributed by atoms with Crippen molar-refractivity contribution in [2.24, 2.45) is 5.92 Å². The first-order valence-corrected chi connectivity index (χ1v) is 6.64. The third-order valence-corrected chi connectivity index (χ3v) is 3.69. The molecule has 0 bridgehead atoms. The molecule has 2 rings (SSSR count). The average Bonchev–Trinajstić information content (AvgIpc) is 2.66. The van der Waals surface area contributed by atoms with E-state index in [9.17, 15) is 14.7 Å². The number of hydrogen-bond acceptors (Lipinski definition) is 4. The van der Waals surface area contributed by atoms with Crippen LogP contribution in [0.15, 0.2) is 0 Å². The van der Waals surface area contributed by atoms with Gasteiger partial charge in [-0.1, -0.05) is 0 Å². The number of ether oxygens (including phenoxy) is 1. The zero-order valence-corrected chi connectivity index (χ0v) is 11.8. The fourth-order valence-electron chi connectivity index (χ4n) is 2.85. The smallest absolute Gasteiger partial charge is 0.228 e. The molecule has 2 amide bonds. The van der Waals surface area contributed by atoms with E-state index in [-0.39, 0.29) is 36.9 Å². The van der Waals surface area contributed by atoms with Gasteiger partial charge in [-0.15, -0.1) is 0 Å². The monoisotopic (exact) mass is 270 g/mol. The Kier molecular flexibility index (Phi) is 3.82. The summed E-state index contributed by atoms with van der Waals surface area (Å²) in [5, 5.41) is 9.25. The van der Waals surface area contributed by atoms with Gasteiger partial charge in [0.15, 0.2) is 0 Å². The summed E-state index contributed by atoms with van der Waals surface area (Å²) in [6.45, 7) is 5.09. The SMILES string of the molecule is CN1CC(C(=O)N2CC(CO)OC(C)(C)C2)CC1=O. The van der Waals surface area contributed by atoms with Crippen LogP contribution in [-0.2, 0) is 14.3 Å². The molecule has 0 radical (unpaired) electrons. The van der Waals surface area contributed by atoms with Gasteiger partial charge in [-0.05, 0) is 13.8 Å². The van der Waals surface area contributed by atoms with Crippen LogP contribution >= 0.6 is 0 Å². The Hall–Kier alpha value is -1.14. The van der Waals surface area contributed by atoms with E-state index in [0.29, 0.717) is 19.6 Å². The topological polar surface area (TPSA) is 70.1 Å². The van der Waals surface area contributed by atoms with E-state index in [0.717, 1.165) is 0 Å². The van der Waals surface area contributed by atoms with Gasteiger partial charge in [-0.3, -0.25) is 9.59 Å². The standard InChI is InChI=1S/C13H22N2O4/c1-13(2)8-15(6-10(7-16)19-13)12(18)9-4-11(17)14(3)5-9/h9-10,16H,4-8H2,1-3H3. The second-order valence-corrected chi connectivity index (χ2v) is 6.08. The van der Waals surface area contributed by atoms with Crippen molar-refractivity contribution < 1.29 is 19.4 Å². The second kappa shape index (κ2) is 5.09. The van der Waals surface area contributed by atoms with Crippen LogP contribution in [-0.4, -0.2) is 71.7 Å². The van der Waals surface area contributed by atoms with Crippen LogP contribution in [0.3, 0.4) is 0 Å². The van der Waals surface area contributed by atoms with Crippen LogP contribution in [0.5, 0.6) is 0 Å². The lowest BCUT2D eigenvalue weighted by Crippen LogP contribution is -2.56. The maximum absolute atomic E-state index is 12.5. The molecule has 2 aliphatic rings. The molecule has 2 fully saturated rings. The van der Waals surface area contributed by atoms with E-state index in [1.165, 1.54) is 0 Å². The molecule has 6 heteroatoms. The molecule has 2 aliphatic heterocycles. The highest BCUT2D eigenvalue weighted by molar-refractivity contribution is 5.89. The number of carbonyl (C=O) groups is 2. The predicted molar refractivity (Wildman–Crippen MR) is 68.4 cm³/mol. The number of aliphatic hydroxyl groups is 1. The van der Waals surface area contributed by atoms with Crippen molar-refractivity contribution in [2.75, 3.05) is 33.3 Å². The van der Waals surface area contributed by atoms with Crippen molar-refractivity contribution in [1.29, 1.82) is 0 Å². The van der Waals surface area contributed by atoms with Crippen LogP contribution in [0, 0.1) is 5.92 Å². The summed E-state index contributed by atoms with van der Waals surface area (Å²) in [5.41, 5.74) is -0.462. The number of rotatable bonds is 2. The van der Waals surface area contributed by atoms with Gasteiger partial charge in [0.2, 0.25) is 11.8 Å². The van der Waals surface area contributed by atoms with Crippen molar-refractivity contribution in [3.05, 3.63) is 0 Å². The van der Waals surface area contributed by atoms with E-state index >= 15 is 0 Å². The molecule has 0 aromatic rings. The summed E-state index contributed by atoms with van der Waals surface area (Å²) in [6, 6.07) is 0. The molecule has 2 saturated heterocycles. The minimum absolute atomic E-state index is 0.00692.